The maximum Gasteiger partial charge on any atom is 0.264 e. The Morgan fingerprint density at radius 3 is 2.65 bits per heavy atom. The van der Waals surface area contributed by atoms with Gasteiger partial charge < -0.3 is 4.74 Å². The van der Waals surface area contributed by atoms with Gasteiger partial charge in [0.2, 0.25) is 5.88 Å². The van der Waals surface area contributed by atoms with Crippen molar-refractivity contribution in [3.05, 3.63) is 96.6 Å². The van der Waals surface area contributed by atoms with E-state index in [2.05, 4.69) is 30.9 Å². The molecule has 0 spiro atoms. The van der Waals surface area contributed by atoms with Gasteiger partial charge in [0.1, 0.15) is 28.9 Å². The van der Waals surface area contributed by atoms with Crippen LogP contribution in [-0.2, 0) is 10.0 Å². The van der Waals surface area contributed by atoms with Crippen molar-refractivity contribution in [2.75, 3.05) is 18.5 Å². The van der Waals surface area contributed by atoms with Gasteiger partial charge in [0.25, 0.3) is 10.0 Å². The van der Waals surface area contributed by atoms with Gasteiger partial charge in [-0.3, -0.25) is 19.7 Å². The number of halogens is 2. The monoisotopic (exact) mass is 519 g/mol. The van der Waals surface area contributed by atoms with E-state index in [4.69, 9.17) is 4.74 Å². The summed E-state index contributed by atoms with van der Waals surface area (Å²) in [6.07, 6.45) is 9.44. The summed E-state index contributed by atoms with van der Waals surface area (Å²) < 4.78 is 60.8. The standard InChI is InChI=1S/C26H19F2N5O3S/c1-36-26-24(31-37(34,35)25-5-3-19(27)12-22(25)28)11-18(13-30-26)16-2-4-23-21(10-16)20(6-8-29-23)17-7-9-32-15-33(32)14-17/h2-14,31H,15H2,1H3. The first-order chi connectivity index (χ1) is 17.8. The molecule has 186 valence electrons. The number of nitrogens with one attached hydrogen (secondary N) is 1. The predicted molar refractivity (Wildman–Crippen MR) is 134 cm³/mol. The van der Waals surface area contributed by atoms with Crippen LogP contribution in [0.15, 0.2) is 84.3 Å². The van der Waals surface area contributed by atoms with Gasteiger partial charge in [-0.05, 0) is 53.6 Å². The van der Waals surface area contributed by atoms with E-state index < -0.39 is 26.6 Å². The second-order valence-corrected chi connectivity index (χ2v) is 10.1. The molecule has 11 heteroatoms. The summed E-state index contributed by atoms with van der Waals surface area (Å²) in [5.41, 5.74) is 4.22. The Morgan fingerprint density at radius 2 is 1.86 bits per heavy atom. The highest BCUT2D eigenvalue weighted by atomic mass is 32.2. The van der Waals surface area contributed by atoms with Gasteiger partial charge in [-0.15, -0.1) is 0 Å². The smallest absolute Gasteiger partial charge is 0.264 e. The van der Waals surface area contributed by atoms with Crippen LogP contribution in [0.5, 0.6) is 5.88 Å². The molecule has 0 atom stereocenters. The number of nitrogens with zero attached hydrogens (tertiary/aromatic N) is 4. The van der Waals surface area contributed by atoms with Crippen molar-refractivity contribution in [1.29, 1.82) is 0 Å². The molecule has 0 amide bonds. The zero-order valence-electron chi connectivity index (χ0n) is 19.4. The maximum absolute atomic E-state index is 14.2. The summed E-state index contributed by atoms with van der Waals surface area (Å²) in [4.78, 5) is 8.03. The lowest BCUT2D eigenvalue weighted by Crippen LogP contribution is -2.15. The second kappa shape index (κ2) is 8.56. The summed E-state index contributed by atoms with van der Waals surface area (Å²) in [7, 11) is -3.05. The zero-order chi connectivity index (χ0) is 25.7. The van der Waals surface area contributed by atoms with Gasteiger partial charge in [-0.1, -0.05) is 6.07 Å². The summed E-state index contributed by atoms with van der Waals surface area (Å²) in [5.74, 6) is -2.09. The molecule has 2 aromatic heterocycles. The first-order valence-corrected chi connectivity index (χ1v) is 12.7. The number of benzene rings is 2. The predicted octanol–water partition coefficient (Wildman–Crippen LogP) is 4.74. The molecule has 0 aliphatic carbocycles. The van der Waals surface area contributed by atoms with Crippen LogP contribution in [0.25, 0.3) is 27.6 Å². The molecule has 2 aliphatic rings. The van der Waals surface area contributed by atoms with Gasteiger partial charge in [0.15, 0.2) is 0 Å². The van der Waals surface area contributed by atoms with Crippen LogP contribution in [-0.4, -0.2) is 42.2 Å². The molecule has 0 bridgehead atoms. The average molecular weight is 520 g/mol. The summed E-state index contributed by atoms with van der Waals surface area (Å²) in [5, 5.41) is 5.07. The Bertz CT molecular complexity index is 1740. The molecule has 4 aromatic rings. The Kier molecular flexibility index (Phi) is 5.30. The molecule has 0 saturated carbocycles. The lowest BCUT2D eigenvalue weighted by molar-refractivity contribution is 0.400. The Morgan fingerprint density at radius 1 is 1.00 bits per heavy atom. The topological polar surface area (TPSA) is 87.2 Å². The third-order valence-electron chi connectivity index (χ3n) is 6.11. The van der Waals surface area contributed by atoms with Crippen molar-refractivity contribution in [3.63, 3.8) is 0 Å². The van der Waals surface area contributed by atoms with Crippen molar-refractivity contribution in [2.24, 2.45) is 0 Å². The van der Waals surface area contributed by atoms with Crippen molar-refractivity contribution in [1.82, 2.24) is 20.0 Å². The highest BCUT2D eigenvalue weighted by Crippen LogP contribution is 2.35. The highest BCUT2D eigenvalue weighted by molar-refractivity contribution is 7.92. The number of allylic oxidation sites excluding steroid dienone is 2. The number of hydrogen-bond donors (Lipinski definition) is 1. The molecular formula is C26H19F2N5O3S. The number of methoxy groups -OCH3 is 1. The molecule has 0 radical (unpaired) electrons. The molecule has 37 heavy (non-hydrogen) atoms. The van der Waals surface area contributed by atoms with Crippen molar-refractivity contribution < 1.29 is 21.9 Å². The van der Waals surface area contributed by atoms with E-state index in [0.717, 1.165) is 46.4 Å². The van der Waals surface area contributed by atoms with E-state index in [1.807, 2.05) is 36.5 Å². The van der Waals surface area contributed by atoms with Crippen LogP contribution in [0.3, 0.4) is 0 Å². The lowest BCUT2D eigenvalue weighted by Gasteiger charge is -2.14. The van der Waals surface area contributed by atoms with E-state index >= 15 is 0 Å². The number of aromatic nitrogens is 2. The van der Waals surface area contributed by atoms with Crippen LogP contribution >= 0.6 is 0 Å². The summed E-state index contributed by atoms with van der Waals surface area (Å²) in [6, 6.07) is 11.4. The molecule has 2 aliphatic heterocycles. The van der Waals surface area contributed by atoms with Crippen LogP contribution in [0.1, 0.15) is 5.56 Å². The third kappa shape index (κ3) is 4.23. The fourth-order valence-electron chi connectivity index (χ4n) is 4.21. The first-order valence-electron chi connectivity index (χ1n) is 11.2. The molecule has 1 N–H and O–H groups in total. The molecule has 6 rings (SSSR count). The summed E-state index contributed by atoms with van der Waals surface area (Å²) >= 11 is 0. The molecule has 4 heterocycles. The normalized spacial score (nSPS) is 14.4. The van der Waals surface area contributed by atoms with Gasteiger partial charge in [0.05, 0.1) is 12.6 Å². The number of ether oxygens (including phenoxy) is 1. The van der Waals surface area contributed by atoms with E-state index in [1.165, 1.54) is 7.11 Å². The number of anilines is 1. The van der Waals surface area contributed by atoms with Gasteiger partial charge >= 0.3 is 0 Å². The maximum atomic E-state index is 14.2. The number of pyridine rings is 2. The molecule has 8 nitrogen and oxygen atoms in total. The van der Waals surface area contributed by atoms with Crippen molar-refractivity contribution in [2.45, 2.75) is 4.90 Å². The van der Waals surface area contributed by atoms with Crippen LogP contribution in [0, 0.1) is 11.6 Å². The van der Waals surface area contributed by atoms with Crippen LogP contribution < -0.4 is 9.46 Å². The Hall–Kier alpha value is -4.51. The van der Waals surface area contributed by atoms with Crippen LogP contribution in [0.4, 0.5) is 14.5 Å². The third-order valence-corrected chi connectivity index (χ3v) is 7.51. The van der Waals surface area contributed by atoms with E-state index in [0.29, 0.717) is 11.6 Å². The number of rotatable bonds is 6. The van der Waals surface area contributed by atoms with E-state index in [9.17, 15) is 17.2 Å². The molecular weight excluding hydrogens is 500 g/mol. The molecule has 2 aromatic carbocycles. The quantitative estimate of drug-likeness (QED) is 0.368. The first kappa shape index (κ1) is 22.9. The van der Waals surface area contributed by atoms with Gasteiger partial charge in [-0.25, -0.2) is 22.2 Å². The fraction of sp³-hybridized carbons (Fsp3) is 0.0769. The minimum absolute atomic E-state index is 0.00137. The number of fused-ring (bicyclic) bond motifs is 2. The van der Waals surface area contributed by atoms with Crippen molar-refractivity contribution >= 4 is 32.2 Å². The van der Waals surface area contributed by atoms with E-state index in [1.54, 1.807) is 18.5 Å². The second-order valence-electron chi connectivity index (χ2n) is 8.47. The van der Waals surface area contributed by atoms with Gasteiger partial charge in [0, 0.05) is 47.4 Å². The SMILES string of the molecule is COc1ncc(-c2ccc3nccc(C4=CN5CN5C=C4)c3c2)cc1NS(=O)(=O)c1ccc(F)cc1F. The minimum Gasteiger partial charge on any atom is -0.480 e. The fourth-order valence-corrected chi connectivity index (χ4v) is 5.32. The highest BCUT2D eigenvalue weighted by Gasteiger charge is 2.28. The largest absolute Gasteiger partial charge is 0.480 e. The van der Waals surface area contributed by atoms with Crippen molar-refractivity contribution in [3.8, 4) is 17.0 Å². The number of sulfonamides is 1. The van der Waals surface area contributed by atoms with Crippen LogP contribution in [0.2, 0.25) is 0 Å². The lowest BCUT2D eigenvalue weighted by atomic mass is 9.98. The molecule has 0 unspecified atom stereocenters. The molecule has 1 fully saturated rings. The summed E-state index contributed by atoms with van der Waals surface area (Å²) in [6.45, 7) is 0.853. The number of hydrogen-bond acceptors (Lipinski definition) is 7. The molecule has 1 saturated heterocycles. The average Bonchev–Trinajstić information content (AvgIpc) is 3.66. The van der Waals surface area contributed by atoms with Gasteiger partial charge in [-0.2, -0.15) is 0 Å². The minimum atomic E-state index is -4.39. The van der Waals surface area contributed by atoms with E-state index in [-0.39, 0.29) is 11.6 Å². The zero-order valence-corrected chi connectivity index (χ0v) is 20.2. The number of hydrazine groups is 1. The Labute approximate surface area is 211 Å². The Balaban J connectivity index is 1.40.